The van der Waals surface area contributed by atoms with Crippen molar-refractivity contribution in [3.05, 3.63) is 88.1 Å². The van der Waals surface area contributed by atoms with Crippen LogP contribution in [0.25, 0.3) is 4.96 Å². The van der Waals surface area contributed by atoms with Crippen molar-refractivity contribution in [1.29, 1.82) is 0 Å². The zero-order chi connectivity index (χ0) is 19.3. The number of rotatable bonds is 8. The minimum atomic E-state index is -0.0574. The van der Waals surface area contributed by atoms with Crippen molar-refractivity contribution in [3.63, 3.8) is 0 Å². The lowest BCUT2D eigenvalue weighted by atomic mass is 10.1. The van der Waals surface area contributed by atoms with Crippen LogP contribution in [-0.4, -0.2) is 24.1 Å². The molecule has 4 rings (SSSR count). The highest BCUT2D eigenvalue weighted by molar-refractivity contribution is 7.98. The monoisotopic (exact) mass is 409 g/mol. The summed E-state index contributed by atoms with van der Waals surface area (Å²) in [6.45, 7) is 4.51. The summed E-state index contributed by atoms with van der Waals surface area (Å²) < 4.78 is 3.64. The van der Waals surface area contributed by atoms with E-state index in [9.17, 15) is 4.79 Å². The molecule has 0 amide bonds. The molecule has 0 bridgehead atoms. The molecule has 0 saturated carbocycles. The van der Waals surface area contributed by atoms with Gasteiger partial charge in [-0.05, 0) is 12.0 Å². The molecule has 0 aliphatic carbocycles. The number of thiazole rings is 1. The van der Waals surface area contributed by atoms with Gasteiger partial charge in [-0.2, -0.15) is 0 Å². The Balaban J connectivity index is 1.49. The predicted molar refractivity (Wildman–Crippen MR) is 113 cm³/mol. The van der Waals surface area contributed by atoms with Crippen LogP contribution in [0.5, 0.6) is 0 Å². The number of aromatic nitrogens is 5. The Labute approximate surface area is 170 Å². The van der Waals surface area contributed by atoms with E-state index >= 15 is 0 Å². The number of fused-ring (bicyclic) bond motifs is 1. The number of hydrogen-bond acceptors (Lipinski definition) is 6. The van der Waals surface area contributed by atoms with Crippen molar-refractivity contribution in [1.82, 2.24) is 24.1 Å². The smallest absolute Gasteiger partial charge is 0.258 e. The van der Waals surface area contributed by atoms with Gasteiger partial charge in [-0.3, -0.25) is 9.20 Å². The summed E-state index contributed by atoms with van der Waals surface area (Å²) in [5, 5.41) is 11.4. The number of nitrogens with zero attached hydrogens (tertiary/aromatic N) is 5. The van der Waals surface area contributed by atoms with Gasteiger partial charge in [0.05, 0.1) is 5.69 Å². The van der Waals surface area contributed by atoms with Gasteiger partial charge in [-0.1, -0.05) is 48.2 Å². The summed E-state index contributed by atoms with van der Waals surface area (Å²) >= 11 is 2.99. The normalized spacial score (nSPS) is 11.1. The second kappa shape index (κ2) is 8.53. The Kier molecular flexibility index (Phi) is 5.68. The molecule has 4 aromatic rings. The molecule has 0 fully saturated rings. The van der Waals surface area contributed by atoms with Gasteiger partial charge in [0.15, 0.2) is 10.1 Å². The Morgan fingerprint density at radius 2 is 2.04 bits per heavy atom. The third kappa shape index (κ3) is 4.07. The molecule has 0 spiro atoms. The van der Waals surface area contributed by atoms with Crippen LogP contribution < -0.4 is 5.56 Å². The molecule has 0 N–H and O–H groups in total. The zero-order valence-corrected chi connectivity index (χ0v) is 16.8. The van der Waals surface area contributed by atoms with E-state index < -0.39 is 0 Å². The fraction of sp³-hybridized carbons (Fsp3) is 0.200. The van der Waals surface area contributed by atoms with Crippen LogP contribution in [0, 0.1) is 0 Å². The predicted octanol–water partition coefficient (Wildman–Crippen LogP) is 3.61. The average molecular weight is 410 g/mol. The molecule has 28 heavy (non-hydrogen) atoms. The quantitative estimate of drug-likeness (QED) is 0.329. The maximum Gasteiger partial charge on any atom is 0.258 e. The van der Waals surface area contributed by atoms with Crippen LogP contribution in [0.2, 0.25) is 0 Å². The van der Waals surface area contributed by atoms with Crippen LogP contribution in [0.3, 0.4) is 0 Å². The van der Waals surface area contributed by atoms with Gasteiger partial charge >= 0.3 is 0 Å². The summed E-state index contributed by atoms with van der Waals surface area (Å²) in [5.74, 6) is 1.51. The molecule has 0 saturated heterocycles. The molecule has 3 aromatic heterocycles. The van der Waals surface area contributed by atoms with Gasteiger partial charge < -0.3 is 4.57 Å². The van der Waals surface area contributed by atoms with Gasteiger partial charge in [0.1, 0.15) is 5.82 Å². The van der Waals surface area contributed by atoms with Gasteiger partial charge in [0.2, 0.25) is 0 Å². The van der Waals surface area contributed by atoms with Crippen molar-refractivity contribution in [2.45, 2.75) is 30.3 Å². The molecule has 1 aromatic carbocycles. The molecule has 0 aliphatic rings. The third-order valence-electron chi connectivity index (χ3n) is 4.29. The highest BCUT2D eigenvalue weighted by Crippen LogP contribution is 2.22. The van der Waals surface area contributed by atoms with Crippen molar-refractivity contribution in [2.75, 3.05) is 0 Å². The minimum absolute atomic E-state index is 0.0574. The molecular weight excluding hydrogens is 390 g/mol. The van der Waals surface area contributed by atoms with Crippen LogP contribution >= 0.6 is 23.1 Å². The Morgan fingerprint density at radius 1 is 1.18 bits per heavy atom. The summed E-state index contributed by atoms with van der Waals surface area (Å²) in [5.41, 5.74) is 1.97. The van der Waals surface area contributed by atoms with E-state index in [0.717, 1.165) is 29.5 Å². The van der Waals surface area contributed by atoms with Crippen molar-refractivity contribution in [2.24, 2.45) is 0 Å². The van der Waals surface area contributed by atoms with Gasteiger partial charge in [0, 0.05) is 36.4 Å². The summed E-state index contributed by atoms with van der Waals surface area (Å²) in [6.07, 6.45) is 5.31. The highest BCUT2D eigenvalue weighted by Gasteiger charge is 2.13. The highest BCUT2D eigenvalue weighted by atomic mass is 32.2. The van der Waals surface area contributed by atoms with E-state index in [1.807, 2.05) is 29.7 Å². The average Bonchev–Trinajstić information content (AvgIpc) is 3.33. The van der Waals surface area contributed by atoms with Crippen LogP contribution in [0.4, 0.5) is 0 Å². The third-order valence-corrected chi connectivity index (χ3v) is 6.05. The van der Waals surface area contributed by atoms with E-state index in [1.54, 1.807) is 16.7 Å². The first kappa shape index (κ1) is 18.6. The van der Waals surface area contributed by atoms with Crippen molar-refractivity contribution in [3.8, 4) is 0 Å². The van der Waals surface area contributed by atoms with Gasteiger partial charge in [-0.15, -0.1) is 28.1 Å². The zero-order valence-electron chi connectivity index (χ0n) is 15.2. The molecule has 0 unspecified atom stereocenters. The van der Waals surface area contributed by atoms with Gasteiger partial charge in [-0.25, -0.2) is 4.98 Å². The first-order chi connectivity index (χ1) is 13.7. The molecule has 3 heterocycles. The molecule has 142 valence electrons. The Morgan fingerprint density at radius 3 is 2.86 bits per heavy atom. The first-order valence-corrected chi connectivity index (χ1v) is 10.8. The summed E-state index contributed by atoms with van der Waals surface area (Å²) in [4.78, 5) is 17.4. The second-order valence-corrected chi connectivity index (χ2v) is 8.03. The van der Waals surface area contributed by atoms with Gasteiger partial charge in [0.25, 0.3) is 5.56 Å². The maximum absolute atomic E-state index is 12.1. The van der Waals surface area contributed by atoms with Crippen LogP contribution in [0.1, 0.15) is 17.1 Å². The van der Waals surface area contributed by atoms with E-state index in [-0.39, 0.29) is 5.56 Å². The first-order valence-electron chi connectivity index (χ1n) is 8.90. The summed E-state index contributed by atoms with van der Waals surface area (Å²) in [6, 6.07) is 11.9. The number of benzene rings is 1. The lowest BCUT2D eigenvalue weighted by molar-refractivity contribution is 0.673. The lowest BCUT2D eigenvalue weighted by Crippen LogP contribution is -2.12. The van der Waals surface area contributed by atoms with Crippen LogP contribution in [0.15, 0.2) is 70.6 Å². The Bertz CT molecular complexity index is 1150. The van der Waals surface area contributed by atoms with E-state index in [2.05, 4.69) is 38.5 Å². The standard InChI is InChI=1S/C20H19N5OS2/c1-2-10-24-17(9-8-15-6-4-3-5-7-15)22-23-20(24)28-14-16-13-18(26)25-11-12-27-19(25)21-16/h2-7,11-13H,1,8-10,14H2. The lowest BCUT2D eigenvalue weighted by Gasteiger charge is -2.08. The molecule has 0 atom stereocenters. The minimum Gasteiger partial charge on any atom is -0.302 e. The van der Waals surface area contributed by atoms with E-state index in [4.69, 9.17) is 0 Å². The maximum atomic E-state index is 12.1. The molecule has 8 heteroatoms. The fourth-order valence-corrected chi connectivity index (χ4v) is 4.52. The SMILES string of the molecule is C=CCn1c(CCc2ccccc2)nnc1SCc1cc(=O)n2ccsc2n1. The fourth-order valence-electron chi connectivity index (χ4n) is 2.92. The Hall–Kier alpha value is -2.71. The number of aryl methyl sites for hydroxylation is 2. The van der Waals surface area contributed by atoms with Crippen molar-refractivity contribution < 1.29 is 0 Å². The number of thioether (sulfide) groups is 1. The molecule has 6 nitrogen and oxygen atoms in total. The molecule has 0 aliphatic heterocycles. The van der Waals surface area contributed by atoms with E-state index in [0.29, 0.717) is 17.3 Å². The largest absolute Gasteiger partial charge is 0.302 e. The number of allylic oxidation sites excluding steroid dienone is 1. The van der Waals surface area contributed by atoms with Crippen LogP contribution in [-0.2, 0) is 25.1 Å². The van der Waals surface area contributed by atoms with E-state index in [1.165, 1.54) is 28.7 Å². The molecular formula is C20H19N5OS2. The molecule has 0 radical (unpaired) electrons. The second-order valence-electron chi connectivity index (χ2n) is 6.21. The number of hydrogen-bond donors (Lipinski definition) is 0. The topological polar surface area (TPSA) is 65.1 Å². The summed E-state index contributed by atoms with van der Waals surface area (Å²) in [7, 11) is 0. The van der Waals surface area contributed by atoms with Crippen molar-refractivity contribution >= 4 is 28.1 Å².